The van der Waals surface area contributed by atoms with Crippen LogP contribution in [0.2, 0.25) is 5.02 Å². The Labute approximate surface area is 176 Å². The average molecular weight is 404 g/mol. The van der Waals surface area contributed by atoms with E-state index >= 15 is 0 Å². The van der Waals surface area contributed by atoms with E-state index in [4.69, 9.17) is 16.3 Å². The van der Waals surface area contributed by atoms with Gasteiger partial charge in [-0.3, -0.25) is 4.79 Å². The van der Waals surface area contributed by atoms with Crippen LogP contribution < -0.4 is 5.32 Å². The van der Waals surface area contributed by atoms with Gasteiger partial charge in [-0.1, -0.05) is 54.1 Å². The van der Waals surface area contributed by atoms with Crippen LogP contribution in [0.1, 0.15) is 27.8 Å². The molecule has 0 radical (unpaired) electrons. The van der Waals surface area contributed by atoms with Gasteiger partial charge in [-0.25, -0.2) is 0 Å². The summed E-state index contributed by atoms with van der Waals surface area (Å²) < 4.78 is 4.89. The fraction of sp³-hybridized carbons (Fsp3) is 0.160. The molecule has 146 valence electrons. The standard InChI is InChI=1S/C25H22ClNO2/c1-29-16-25(28)27-21-7-4-5-17(13-21)14-24-22-8-3-2-6-18(22)9-10-19-15-20(26)11-12-23(19)24/h2-8,11-15H,9-10,16H2,1H3,(H,27,28)/b24-14-. The number of benzene rings is 3. The molecule has 1 amide bonds. The number of fused-ring (bicyclic) bond motifs is 2. The lowest BCUT2D eigenvalue weighted by atomic mass is 9.92. The molecule has 0 bridgehead atoms. The third-order valence-electron chi connectivity index (χ3n) is 5.09. The summed E-state index contributed by atoms with van der Waals surface area (Å²) in [6, 6.07) is 22.5. The predicted octanol–water partition coefficient (Wildman–Crippen LogP) is 5.61. The Morgan fingerprint density at radius 2 is 1.79 bits per heavy atom. The highest BCUT2D eigenvalue weighted by Gasteiger charge is 2.18. The van der Waals surface area contributed by atoms with Gasteiger partial charge in [0.1, 0.15) is 6.61 Å². The van der Waals surface area contributed by atoms with Crippen LogP contribution in [0.25, 0.3) is 11.6 Å². The summed E-state index contributed by atoms with van der Waals surface area (Å²) in [6.45, 7) is 0.0346. The van der Waals surface area contributed by atoms with E-state index in [1.165, 1.54) is 34.9 Å². The van der Waals surface area contributed by atoms with Crippen molar-refractivity contribution in [1.82, 2.24) is 0 Å². The molecule has 0 saturated carbocycles. The number of methoxy groups -OCH3 is 1. The Kier molecular flexibility index (Phi) is 5.79. The minimum absolute atomic E-state index is 0.0346. The third-order valence-corrected chi connectivity index (χ3v) is 5.32. The monoisotopic (exact) mass is 403 g/mol. The first-order chi connectivity index (χ1) is 14.1. The van der Waals surface area contributed by atoms with Crippen LogP contribution in [0, 0.1) is 0 Å². The van der Waals surface area contributed by atoms with E-state index in [0.29, 0.717) is 0 Å². The SMILES string of the molecule is COCC(=O)Nc1cccc(/C=C2/c3ccccc3CCc3cc(Cl)ccc32)c1. The number of hydrogen-bond acceptors (Lipinski definition) is 2. The van der Waals surface area contributed by atoms with E-state index in [0.717, 1.165) is 29.1 Å². The summed E-state index contributed by atoms with van der Waals surface area (Å²) in [5.74, 6) is -0.169. The molecule has 0 aromatic heterocycles. The summed E-state index contributed by atoms with van der Waals surface area (Å²) in [7, 11) is 1.51. The number of ether oxygens (including phenoxy) is 1. The summed E-state index contributed by atoms with van der Waals surface area (Å²) in [5.41, 5.74) is 7.97. The molecule has 0 atom stereocenters. The minimum atomic E-state index is -0.169. The van der Waals surface area contributed by atoms with Crippen LogP contribution in [0.5, 0.6) is 0 Å². The zero-order valence-electron chi connectivity index (χ0n) is 16.2. The zero-order valence-corrected chi connectivity index (χ0v) is 17.0. The summed E-state index contributed by atoms with van der Waals surface area (Å²) >= 11 is 6.27. The first kappa shape index (κ1) is 19.4. The molecule has 3 aromatic rings. The van der Waals surface area contributed by atoms with Crippen molar-refractivity contribution in [3.8, 4) is 0 Å². The topological polar surface area (TPSA) is 38.3 Å². The molecule has 0 spiro atoms. The van der Waals surface area contributed by atoms with E-state index in [9.17, 15) is 4.79 Å². The number of nitrogens with one attached hydrogen (secondary N) is 1. The maximum atomic E-state index is 11.9. The van der Waals surface area contributed by atoms with Crippen molar-refractivity contribution in [1.29, 1.82) is 0 Å². The van der Waals surface area contributed by atoms with Crippen LogP contribution in [0.15, 0.2) is 66.7 Å². The van der Waals surface area contributed by atoms with Crippen LogP contribution in [0.4, 0.5) is 5.69 Å². The number of carbonyl (C=O) groups excluding carboxylic acids is 1. The largest absolute Gasteiger partial charge is 0.375 e. The zero-order chi connectivity index (χ0) is 20.2. The second kappa shape index (κ2) is 8.64. The van der Waals surface area contributed by atoms with Crippen LogP contribution >= 0.6 is 11.6 Å². The van der Waals surface area contributed by atoms with Gasteiger partial charge in [-0.15, -0.1) is 0 Å². The van der Waals surface area contributed by atoms with E-state index in [2.05, 4.69) is 47.8 Å². The van der Waals surface area contributed by atoms with Crippen LogP contribution in [0.3, 0.4) is 0 Å². The second-order valence-corrected chi connectivity index (χ2v) is 7.56. The molecule has 1 N–H and O–H groups in total. The van der Waals surface area contributed by atoms with E-state index < -0.39 is 0 Å². The molecule has 4 rings (SSSR count). The lowest BCUT2D eigenvalue weighted by molar-refractivity contribution is -0.119. The molecule has 0 unspecified atom stereocenters. The molecule has 0 heterocycles. The Bertz CT molecular complexity index is 1090. The van der Waals surface area contributed by atoms with Gasteiger partial charge in [0.15, 0.2) is 0 Å². The number of rotatable bonds is 4. The predicted molar refractivity (Wildman–Crippen MR) is 119 cm³/mol. The smallest absolute Gasteiger partial charge is 0.250 e. The van der Waals surface area contributed by atoms with E-state index in [-0.39, 0.29) is 12.5 Å². The van der Waals surface area contributed by atoms with Crippen molar-refractivity contribution < 1.29 is 9.53 Å². The number of carbonyl (C=O) groups is 1. The molecule has 1 aliphatic rings. The van der Waals surface area contributed by atoms with Crippen LogP contribution in [-0.2, 0) is 22.4 Å². The number of halogens is 1. The first-order valence-electron chi connectivity index (χ1n) is 9.61. The number of amides is 1. The molecular formula is C25H22ClNO2. The fourth-order valence-corrected chi connectivity index (χ4v) is 4.00. The second-order valence-electron chi connectivity index (χ2n) is 7.12. The molecule has 3 aromatic carbocycles. The molecule has 0 saturated heterocycles. The highest BCUT2D eigenvalue weighted by Crippen LogP contribution is 2.36. The van der Waals surface area contributed by atoms with Crippen molar-refractivity contribution in [3.63, 3.8) is 0 Å². The highest BCUT2D eigenvalue weighted by atomic mass is 35.5. The first-order valence-corrected chi connectivity index (χ1v) is 9.99. The maximum Gasteiger partial charge on any atom is 0.250 e. The van der Waals surface area contributed by atoms with Gasteiger partial charge in [0, 0.05) is 17.8 Å². The van der Waals surface area contributed by atoms with Crippen molar-refractivity contribution in [2.45, 2.75) is 12.8 Å². The Hall–Kier alpha value is -2.88. The number of hydrogen-bond donors (Lipinski definition) is 1. The van der Waals surface area contributed by atoms with Crippen molar-refractivity contribution in [2.24, 2.45) is 0 Å². The van der Waals surface area contributed by atoms with Gasteiger partial charge in [-0.2, -0.15) is 0 Å². The number of aryl methyl sites for hydroxylation is 2. The van der Waals surface area contributed by atoms with Gasteiger partial charge in [0.05, 0.1) is 0 Å². The van der Waals surface area contributed by atoms with Crippen molar-refractivity contribution in [3.05, 3.63) is 99.6 Å². The summed E-state index contributed by atoms with van der Waals surface area (Å²) in [4.78, 5) is 11.9. The quantitative estimate of drug-likeness (QED) is 0.614. The Balaban J connectivity index is 1.80. The van der Waals surface area contributed by atoms with E-state index in [1.807, 2.05) is 30.3 Å². The van der Waals surface area contributed by atoms with Gasteiger partial charge >= 0.3 is 0 Å². The van der Waals surface area contributed by atoms with E-state index in [1.54, 1.807) is 0 Å². The van der Waals surface area contributed by atoms with Gasteiger partial charge in [0.25, 0.3) is 0 Å². The molecule has 3 nitrogen and oxygen atoms in total. The van der Waals surface area contributed by atoms with Gasteiger partial charge < -0.3 is 10.1 Å². The van der Waals surface area contributed by atoms with Crippen molar-refractivity contribution in [2.75, 3.05) is 19.0 Å². The molecule has 1 aliphatic carbocycles. The van der Waals surface area contributed by atoms with Gasteiger partial charge in [-0.05, 0) is 76.6 Å². The summed E-state index contributed by atoms with van der Waals surface area (Å²) in [5, 5.41) is 3.63. The lowest BCUT2D eigenvalue weighted by Gasteiger charge is -2.13. The molecule has 4 heteroatoms. The molecule has 29 heavy (non-hydrogen) atoms. The minimum Gasteiger partial charge on any atom is -0.375 e. The van der Waals surface area contributed by atoms with Gasteiger partial charge in [0.2, 0.25) is 5.91 Å². The summed E-state index contributed by atoms with van der Waals surface area (Å²) in [6.07, 6.45) is 4.12. The van der Waals surface area contributed by atoms with Crippen LogP contribution in [-0.4, -0.2) is 19.6 Å². The molecular weight excluding hydrogens is 382 g/mol. The maximum absolute atomic E-state index is 11.9. The Morgan fingerprint density at radius 1 is 1.00 bits per heavy atom. The number of anilines is 1. The van der Waals surface area contributed by atoms with Crippen molar-refractivity contribution >= 4 is 34.8 Å². The lowest BCUT2D eigenvalue weighted by Crippen LogP contribution is -2.16. The fourth-order valence-electron chi connectivity index (χ4n) is 3.80. The normalized spacial score (nSPS) is 14.1. The average Bonchev–Trinajstić information content (AvgIpc) is 2.86. The molecule has 0 aliphatic heterocycles. The Morgan fingerprint density at radius 3 is 2.66 bits per heavy atom. The highest BCUT2D eigenvalue weighted by molar-refractivity contribution is 6.30. The molecule has 0 fully saturated rings. The third kappa shape index (κ3) is 4.42.